The van der Waals surface area contributed by atoms with Crippen LogP contribution in [0.3, 0.4) is 0 Å². The lowest BCUT2D eigenvalue weighted by Gasteiger charge is -2.45. The number of nitrogens with one attached hydrogen (secondary N) is 1. The van der Waals surface area contributed by atoms with Gasteiger partial charge in [0.2, 0.25) is 11.7 Å². The molecule has 2 aromatic heterocycles. The van der Waals surface area contributed by atoms with Gasteiger partial charge < -0.3 is 9.63 Å². The fourth-order valence-corrected chi connectivity index (χ4v) is 5.39. The number of imidazole rings is 1. The molecule has 0 spiro atoms. The summed E-state index contributed by atoms with van der Waals surface area (Å²) < 4.78 is 21.6. The molecule has 2 saturated carbocycles. The van der Waals surface area contributed by atoms with Crippen LogP contribution in [-0.2, 0) is 5.60 Å². The predicted molar refractivity (Wildman–Crippen MR) is 95.8 cm³/mol. The van der Waals surface area contributed by atoms with Crippen LogP contribution < -0.4 is 10.3 Å². The molecule has 2 fully saturated rings. The fourth-order valence-electron chi connectivity index (χ4n) is 5.39. The third-order valence-corrected chi connectivity index (χ3v) is 6.76. The van der Waals surface area contributed by atoms with Gasteiger partial charge in [0.15, 0.2) is 0 Å². The molecular weight excluding hydrogens is 365 g/mol. The zero-order valence-electron chi connectivity index (χ0n) is 15.4. The molecule has 0 saturated heterocycles. The Balaban J connectivity index is 1.40. The quantitative estimate of drug-likeness (QED) is 0.812. The van der Waals surface area contributed by atoms with Crippen molar-refractivity contribution in [1.29, 1.82) is 0 Å². The summed E-state index contributed by atoms with van der Waals surface area (Å²) in [5.74, 6) is 1.88. The molecule has 2 aromatic rings. The molecule has 0 amide bonds. The number of hydrogen-bond acceptors (Lipinski definition) is 8. The molecule has 6 rings (SSSR count). The number of hydrazone groups is 1. The molecule has 3 atom stereocenters. The van der Waals surface area contributed by atoms with E-state index in [1.165, 1.54) is 0 Å². The van der Waals surface area contributed by atoms with E-state index in [0.717, 1.165) is 38.5 Å². The van der Waals surface area contributed by atoms with E-state index in [4.69, 9.17) is 4.52 Å². The lowest BCUT2D eigenvalue weighted by Crippen LogP contribution is -2.54. The summed E-state index contributed by atoms with van der Waals surface area (Å²) in [6.45, 7) is 0. The van der Waals surface area contributed by atoms with Crippen LogP contribution in [0, 0.1) is 12.0 Å². The Bertz CT molecular complexity index is 948. The zero-order chi connectivity index (χ0) is 18.9. The van der Waals surface area contributed by atoms with E-state index in [1.807, 2.05) is 4.90 Å². The molecular formula is C18H22FN7O2. The van der Waals surface area contributed by atoms with E-state index < -0.39 is 11.7 Å². The van der Waals surface area contributed by atoms with Crippen molar-refractivity contribution in [2.45, 2.75) is 69.2 Å². The number of halogens is 1. The highest BCUT2D eigenvalue weighted by Gasteiger charge is 2.49. The molecule has 10 heteroatoms. The van der Waals surface area contributed by atoms with Crippen LogP contribution in [0.25, 0.3) is 0 Å². The van der Waals surface area contributed by atoms with Crippen LogP contribution in [0.5, 0.6) is 0 Å². The van der Waals surface area contributed by atoms with Gasteiger partial charge in [-0.25, -0.2) is 4.98 Å². The van der Waals surface area contributed by atoms with E-state index in [9.17, 15) is 9.50 Å². The first kappa shape index (κ1) is 16.5. The summed E-state index contributed by atoms with van der Waals surface area (Å²) in [4.78, 5) is 10.3. The van der Waals surface area contributed by atoms with E-state index in [1.54, 1.807) is 10.8 Å². The number of nitrogens with zero attached hydrogens (tertiary/aromatic N) is 6. The lowest BCUT2D eigenvalue weighted by atomic mass is 9.80. The molecule has 28 heavy (non-hydrogen) atoms. The van der Waals surface area contributed by atoms with Crippen LogP contribution in [0.1, 0.15) is 69.1 Å². The topological polar surface area (TPSA) is 105 Å². The van der Waals surface area contributed by atoms with Gasteiger partial charge in [-0.1, -0.05) is 18.0 Å². The minimum atomic E-state index is -1.05. The molecule has 4 heterocycles. The summed E-state index contributed by atoms with van der Waals surface area (Å²) in [6, 6.07) is 0.0783. The van der Waals surface area contributed by atoms with Crippen molar-refractivity contribution in [2.75, 3.05) is 4.90 Å². The van der Waals surface area contributed by atoms with Crippen molar-refractivity contribution in [3.63, 3.8) is 0 Å². The SMILES string of the molecule is OC1(c2nc(C3=NNC4C5CCCCC5n5c(cnc5F)N34)no2)CCCC1. The van der Waals surface area contributed by atoms with Gasteiger partial charge >= 0.3 is 0 Å². The van der Waals surface area contributed by atoms with E-state index in [-0.39, 0.29) is 24.0 Å². The second-order valence-corrected chi connectivity index (χ2v) is 8.31. The largest absolute Gasteiger partial charge is 0.380 e. The zero-order valence-corrected chi connectivity index (χ0v) is 15.4. The monoisotopic (exact) mass is 387 g/mol. The molecule has 2 aliphatic heterocycles. The highest BCUT2D eigenvalue weighted by molar-refractivity contribution is 6.08. The summed E-state index contributed by atoms with van der Waals surface area (Å²) in [6.07, 6.45) is 8.24. The molecule has 148 valence electrons. The second kappa shape index (κ2) is 5.76. The van der Waals surface area contributed by atoms with E-state index >= 15 is 0 Å². The van der Waals surface area contributed by atoms with Crippen LogP contribution in [0.2, 0.25) is 0 Å². The Labute approximate surface area is 160 Å². The van der Waals surface area contributed by atoms with Gasteiger partial charge in [0, 0.05) is 12.0 Å². The molecule has 3 unspecified atom stereocenters. The first-order chi connectivity index (χ1) is 13.7. The fraction of sp³-hybridized carbons (Fsp3) is 0.667. The van der Waals surface area contributed by atoms with Crippen molar-refractivity contribution in [2.24, 2.45) is 11.0 Å². The first-order valence-corrected chi connectivity index (χ1v) is 10.1. The van der Waals surface area contributed by atoms with E-state index in [0.29, 0.717) is 30.3 Å². The van der Waals surface area contributed by atoms with Crippen molar-refractivity contribution >= 4 is 11.7 Å². The number of aliphatic hydroxyl groups is 1. The van der Waals surface area contributed by atoms with Crippen molar-refractivity contribution in [3.8, 4) is 0 Å². The van der Waals surface area contributed by atoms with Crippen molar-refractivity contribution < 1.29 is 14.0 Å². The maximum atomic E-state index is 14.5. The number of aromatic nitrogens is 4. The number of rotatable bonds is 2. The van der Waals surface area contributed by atoms with Crippen molar-refractivity contribution in [3.05, 3.63) is 24.0 Å². The number of hydrogen-bond donors (Lipinski definition) is 2. The van der Waals surface area contributed by atoms with Crippen LogP contribution in [0.15, 0.2) is 15.8 Å². The average Bonchev–Trinajstić information content (AvgIpc) is 3.47. The van der Waals surface area contributed by atoms with Gasteiger partial charge in [0.25, 0.3) is 12.0 Å². The van der Waals surface area contributed by atoms with Crippen LogP contribution in [0.4, 0.5) is 10.2 Å². The predicted octanol–water partition coefficient (Wildman–Crippen LogP) is 2.01. The maximum absolute atomic E-state index is 14.5. The standard InChI is InChI=1S/C18H22FN7O2/c19-17-20-9-12-25(17)11-6-2-1-5-10(11)14-22-23-15(26(12)14)13-21-16(28-24-13)18(27)7-3-4-8-18/h9-11,14,22,27H,1-8H2. The smallest absolute Gasteiger partial charge is 0.291 e. The van der Waals surface area contributed by atoms with Gasteiger partial charge in [-0.3, -0.25) is 14.9 Å². The third kappa shape index (κ3) is 2.15. The molecule has 0 radical (unpaired) electrons. The Kier molecular flexibility index (Phi) is 3.38. The van der Waals surface area contributed by atoms with Crippen LogP contribution in [-0.4, -0.2) is 36.8 Å². The Hall–Kier alpha value is -2.49. The Morgan fingerprint density at radius 3 is 2.89 bits per heavy atom. The number of amidine groups is 1. The Morgan fingerprint density at radius 1 is 1.21 bits per heavy atom. The maximum Gasteiger partial charge on any atom is 0.291 e. The molecule has 4 aliphatic rings. The van der Waals surface area contributed by atoms with E-state index in [2.05, 4.69) is 25.7 Å². The van der Waals surface area contributed by atoms with Crippen molar-refractivity contribution in [1.82, 2.24) is 25.1 Å². The summed E-state index contributed by atoms with van der Waals surface area (Å²) in [7, 11) is 0. The summed E-state index contributed by atoms with van der Waals surface area (Å²) >= 11 is 0. The minimum Gasteiger partial charge on any atom is -0.380 e. The molecule has 0 aromatic carbocycles. The molecule has 0 bridgehead atoms. The van der Waals surface area contributed by atoms with Gasteiger partial charge in [0.05, 0.1) is 6.20 Å². The number of anilines is 1. The highest BCUT2D eigenvalue weighted by Crippen LogP contribution is 2.46. The first-order valence-electron chi connectivity index (χ1n) is 10.1. The Morgan fingerprint density at radius 2 is 2.04 bits per heavy atom. The second-order valence-electron chi connectivity index (χ2n) is 8.31. The van der Waals surface area contributed by atoms with Gasteiger partial charge in [-0.05, 0) is 38.5 Å². The minimum absolute atomic E-state index is 0.0783. The molecule has 2 aliphatic carbocycles. The normalized spacial score (nSPS) is 30.4. The summed E-state index contributed by atoms with van der Waals surface area (Å²) in [5.41, 5.74) is 2.16. The number of fused-ring (bicyclic) bond motifs is 6. The van der Waals surface area contributed by atoms with Crippen LogP contribution >= 0.6 is 0 Å². The summed E-state index contributed by atoms with van der Waals surface area (Å²) in [5, 5.41) is 19.3. The third-order valence-electron chi connectivity index (χ3n) is 6.76. The molecule has 9 nitrogen and oxygen atoms in total. The van der Waals surface area contributed by atoms with Gasteiger partial charge in [-0.2, -0.15) is 14.5 Å². The van der Waals surface area contributed by atoms with Gasteiger partial charge in [0.1, 0.15) is 17.6 Å². The molecule has 2 N–H and O–H groups in total. The highest BCUT2D eigenvalue weighted by atomic mass is 19.1. The lowest BCUT2D eigenvalue weighted by molar-refractivity contribution is 0.0112. The average molecular weight is 387 g/mol. The van der Waals surface area contributed by atoms with Gasteiger partial charge in [-0.15, -0.1) is 0 Å².